The van der Waals surface area contributed by atoms with E-state index in [0.29, 0.717) is 0 Å². The van der Waals surface area contributed by atoms with Gasteiger partial charge in [0.25, 0.3) is 0 Å². The Bertz CT molecular complexity index is 163. The number of carbonyl (C=O) groups excluding carboxylic acids is 1. The summed E-state index contributed by atoms with van der Waals surface area (Å²) in [5.41, 5.74) is 0.274. The minimum Gasteiger partial charge on any atom is -0.337 e. The van der Waals surface area contributed by atoms with Crippen molar-refractivity contribution in [3.63, 3.8) is 0 Å². The zero-order valence-electron chi connectivity index (χ0n) is 6.21. The van der Waals surface area contributed by atoms with Crippen molar-refractivity contribution < 1.29 is 4.79 Å². The van der Waals surface area contributed by atoms with Crippen LogP contribution in [0, 0.1) is 0 Å². The van der Waals surface area contributed by atoms with Gasteiger partial charge < -0.3 is 9.80 Å². The fraction of sp³-hybridized carbons (Fsp3) is 0.857. The summed E-state index contributed by atoms with van der Waals surface area (Å²) in [6, 6.07) is 0. The molecule has 0 aromatic carbocycles. The number of hydrogen-bond donors (Lipinski definition) is 0. The fourth-order valence-corrected chi connectivity index (χ4v) is 2.02. The van der Waals surface area contributed by atoms with Gasteiger partial charge in [0.05, 0.1) is 5.54 Å². The Kier molecular flexibility index (Phi) is 1.06. The predicted molar refractivity (Wildman–Crippen MR) is 37.6 cm³/mol. The smallest absolute Gasteiger partial charge is 0.210 e. The van der Waals surface area contributed by atoms with Crippen LogP contribution in [0.5, 0.6) is 0 Å². The topological polar surface area (TPSA) is 23.6 Å². The zero-order valence-corrected chi connectivity index (χ0v) is 6.21. The van der Waals surface area contributed by atoms with Gasteiger partial charge in [-0.05, 0) is 13.5 Å². The third-order valence-corrected chi connectivity index (χ3v) is 2.68. The molecule has 1 amide bonds. The summed E-state index contributed by atoms with van der Waals surface area (Å²) >= 11 is 0. The zero-order chi connectivity index (χ0) is 7.19. The summed E-state index contributed by atoms with van der Waals surface area (Å²) < 4.78 is 0. The molecule has 10 heavy (non-hydrogen) atoms. The highest BCUT2D eigenvalue weighted by atomic mass is 16.1. The van der Waals surface area contributed by atoms with Crippen LogP contribution < -0.4 is 0 Å². The van der Waals surface area contributed by atoms with Crippen molar-refractivity contribution in [2.24, 2.45) is 0 Å². The number of amides is 1. The first-order valence-electron chi connectivity index (χ1n) is 3.67. The van der Waals surface area contributed by atoms with E-state index in [9.17, 15) is 4.79 Å². The lowest BCUT2D eigenvalue weighted by Crippen LogP contribution is -2.75. The second kappa shape index (κ2) is 1.72. The minimum absolute atomic E-state index is 0.274. The molecule has 56 valence electrons. The SMILES string of the molecule is CN1CC2(CCN2C=O)C1. The molecule has 1 spiro atoms. The summed E-state index contributed by atoms with van der Waals surface area (Å²) in [6.45, 7) is 3.12. The molecule has 0 aliphatic carbocycles. The standard InChI is InChI=1S/C7H12N2O/c1-8-4-7(5-8)2-3-9(7)6-10/h6H,2-5H2,1H3. The first kappa shape index (κ1) is 6.16. The lowest BCUT2D eigenvalue weighted by molar-refractivity contribution is -0.149. The van der Waals surface area contributed by atoms with E-state index in [1.165, 1.54) is 6.42 Å². The summed E-state index contributed by atoms with van der Waals surface area (Å²) in [5.74, 6) is 0. The van der Waals surface area contributed by atoms with Gasteiger partial charge in [-0.25, -0.2) is 0 Å². The maximum atomic E-state index is 10.4. The molecule has 2 fully saturated rings. The number of likely N-dealkylation sites (tertiary alicyclic amines) is 2. The van der Waals surface area contributed by atoms with Crippen LogP contribution in [-0.4, -0.2) is 48.4 Å². The Morgan fingerprint density at radius 3 is 2.50 bits per heavy atom. The second-order valence-electron chi connectivity index (χ2n) is 3.45. The van der Waals surface area contributed by atoms with Gasteiger partial charge in [0.15, 0.2) is 0 Å². The Hall–Kier alpha value is -0.570. The third-order valence-electron chi connectivity index (χ3n) is 2.68. The molecule has 2 heterocycles. The maximum absolute atomic E-state index is 10.4. The van der Waals surface area contributed by atoms with Gasteiger partial charge in [0, 0.05) is 19.6 Å². The molecule has 0 aromatic heterocycles. The predicted octanol–water partition coefficient (Wildman–Crippen LogP) is -0.467. The highest BCUT2D eigenvalue weighted by Crippen LogP contribution is 2.36. The molecule has 3 nitrogen and oxygen atoms in total. The van der Waals surface area contributed by atoms with E-state index in [1.807, 2.05) is 4.90 Å². The molecule has 0 atom stereocenters. The summed E-state index contributed by atoms with van der Waals surface area (Å²) in [4.78, 5) is 14.6. The molecule has 2 saturated heterocycles. The van der Waals surface area contributed by atoms with Crippen LogP contribution in [0.15, 0.2) is 0 Å². The Morgan fingerprint density at radius 2 is 2.20 bits per heavy atom. The quantitative estimate of drug-likeness (QED) is 0.460. The van der Waals surface area contributed by atoms with E-state index >= 15 is 0 Å². The molecule has 0 unspecified atom stereocenters. The molecule has 0 N–H and O–H groups in total. The summed E-state index contributed by atoms with van der Waals surface area (Å²) in [5, 5.41) is 0. The molecule has 0 bridgehead atoms. The van der Waals surface area contributed by atoms with E-state index in [-0.39, 0.29) is 5.54 Å². The van der Waals surface area contributed by atoms with Gasteiger partial charge in [0.1, 0.15) is 0 Å². The van der Waals surface area contributed by atoms with Crippen LogP contribution in [0.4, 0.5) is 0 Å². The van der Waals surface area contributed by atoms with Crippen molar-refractivity contribution in [1.82, 2.24) is 9.80 Å². The van der Waals surface area contributed by atoms with Crippen molar-refractivity contribution in [2.45, 2.75) is 12.0 Å². The molecule has 2 rings (SSSR count). The second-order valence-corrected chi connectivity index (χ2v) is 3.45. The fourth-order valence-electron chi connectivity index (χ4n) is 2.02. The Balaban J connectivity index is 1.99. The van der Waals surface area contributed by atoms with E-state index in [1.54, 1.807) is 0 Å². The minimum atomic E-state index is 0.274. The molecule has 0 aromatic rings. The van der Waals surface area contributed by atoms with Crippen molar-refractivity contribution in [1.29, 1.82) is 0 Å². The van der Waals surface area contributed by atoms with Gasteiger partial charge in [0.2, 0.25) is 6.41 Å². The first-order chi connectivity index (χ1) is 4.77. The van der Waals surface area contributed by atoms with E-state index < -0.39 is 0 Å². The van der Waals surface area contributed by atoms with E-state index in [4.69, 9.17) is 0 Å². The number of carbonyl (C=O) groups is 1. The molecule has 0 saturated carbocycles. The number of rotatable bonds is 1. The molecule has 2 aliphatic heterocycles. The van der Waals surface area contributed by atoms with Crippen LogP contribution >= 0.6 is 0 Å². The molecule has 2 aliphatic rings. The number of likely N-dealkylation sites (N-methyl/N-ethyl adjacent to an activating group) is 1. The normalized spacial score (nSPS) is 29.5. The van der Waals surface area contributed by atoms with Crippen LogP contribution in [0.1, 0.15) is 6.42 Å². The number of hydrogen-bond acceptors (Lipinski definition) is 2. The van der Waals surface area contributed by atoms with Gasteiger partial charge in [-0.3, -0.25) is 4.79 Å². The third kappa shape index (κ3) is 0.560. The highest BCUT2D eigenvalue weighted by Gasteiger charge is 2.51. The highest BCUT2D eigenvalue weighted by molar-refractivity contribution is 5.52. The largest absolute Gasteiger partial charge is 0.337 e. The molecular weight excluding hydrogens is 128 g/mol. The van der Waals surface area contributed by atoms with Gasteiger partial charge in [-0.15, -0.1) is 0 Å². The van der Waals surface area contributed by atoms with Crippen LogP contribution in [-0.2, 0) is 4.79 Å². The monoisotopic (exact) mass is 140 g/mol. The summed E-state index contributed by atoms with van der Waals surface area (Å²) in [7, 11) is 2.09. The maximum Gasteiger partial charge on any atom is 0.210 e. The van der Waals surface area contributed by atoms with Gasteiger partial charge in [-0.1, -0.05) is 0 Å². The van der Waals surface area contributed by atoms with Crippen molar-refractivity contribution in [3.8, 4) is 0 Å². The van der Waals surface area contributed by atoms with Crippen molar-refractivity contribution >= 4 is 6.41 Å². The Labute approximate surface area is 60.6 Å². The molecule has 0 radical (unpaired) electrons. The van der Waals surface area contributed by atoms with Crippen molar-refractivity contribution in [2.75, 3.05) is 26.7 Å². The molecular formula is C7H12N2O. The van der Waals surface area contributed by atoms with Crippen molar-refractivity contribution in [3.05, 3.63) is 0 Å². The van der Waals surface area contributed by atoms with Crippen LogP contribution in [0.3, 0.4) is 0 Å². The van der Waals surface area contributed by atoms with E-state index in [2.05, 4.69) is 11.9 Å². The molecule has 3 heteroatoms. The summed E-state index contributed by atoms with van der Waals surface area (Å²) in [6.07, 6.45) is 2.19. The van der Waals surface area contributed by atoms with E-state index in [0.717, 1.165) is 26.0 Å². The average Bonchev–Trinajstić information content (AvgIpc) is 1.79. The van der Waals surface area contributed by atoms with Crippen LogP contribution in [0.2, 0.25) is 0 Å². The number of nitrogens with zero attached hydrogens (tertiary/aromatic N) is 2. The first-order valence-corrected chi connectivity index (χ1v) is 3.67. The lowest BCUT2D eigenvalue weighted by atomic mass is 9.78. The van der Waals surface area contributed by atoms with Crippen LogP contribution in [0.25, 0.3) is 0 Å². The lowest BCUT2D eigenvalue weighted by Gasteiger charge is -2.60. The van der Waals surface area contributed by atoms with Gasteiger partial charge in [-0.2, -0.15) is 0 Å². The Morgan fingerprint density at radius 1 is 1.50 bits per heavy atom. The van der Waals surface area contributed by atoms with Gasteiger partial charge >= 0.3 is 0 Å². The average molecular weight is 140 g/mol.